The van der Waals surface area contributed by atoms with Crippen molar-refractivity contribution in [1.82, 2.24) is 0 Å². The highest BCUT2D eigenvalue weighted by atomic mass is 31.3. The standard InChI is InChI=1S/C6H6O7P2/c7-14(8,9)13-15(10)11-5-2-1-3-6(4-5)12-15/h1-4H,(H2,7,8,9). The van der Waals surface area contributed by atoms with Gasteiger partial charge in [0.15, 0.2) is 0 Å². The lowest BCUT2D eigenvalue weighted by atomic mass is 10.3. The van der Waals surface area contributed by atoms with Gasteiger partial charge in [0, 0.05) is 6.07 Å². The van der Waals surface area contributed by atoms with Crippen LogP contribution in [-0.2, 0) is 13.4 Å². The van der Waals surface area contributed by atoms with Gasteiger partial charge in [-0.25, -0.2) is 9.13 Å². The van der Waals surface area contributed by atoms with Gasteiger partial charge in [-0.1, -0.05) is 6.07 Å². The molecule has 1 aromatic carbocycles. The third-order valence-electron chi connectivity index (χ3n) is 1.45. The van der Waals surface area contributed by atoms with Crippen LogP contribution in [0.3, 0.4) is 0 Å². The highest BCUT2D eigenvalue weighted by Crippen LogP contribution is 2.62. The molecule has 0 atom stereocenters. The van der Waals surface area contributed by atoms with Crippen molar-refractivity contribution in [3.8, 4) is 11.5 Å². The maximum atomic E-state index is 11.6. The third kappa shape index (κ3) is 2.59. The van der Waals surface area contributed by atoms with Crippen molar-refractivity contribution in [3.63, 3.8) is 0 Å². The molecule has 0 spiro atoms. The van der Waals surface area contributed by atoms with Crippen molar-refractivity contribution in [3.05, 3.63) is 24.3 Å². The average Bonchev–Trinajstić information content (AvgIpc) is 1.97. The second kappa shape index (κ2) is 3.33. The van der Waals surface area contributed by atoms with E-state index in [0.717, 1.165) is 0 Å². The van der Waals surface area contributed by atoms with Crippen LogP contribution in [0.2, 0.25) is 0 Å². The predicted molar refractivity (Wildman–Crippen MR) is 48.4 cm³/mol. The molecular formula is C6H6O7P2. The molecule has 0 saturated heterocycles. The number of rotatable bonds is 2. The van der Waals surface area contributed by atoms with Crippen LogP contribution in [0.4, 0.5) is 0 Å². The fourth-order valence-electron chi connectivity index (χ4n) is 1.03. The van der Waals surface area contributed by atoms with E-state index in [1.54, 1.807) is 6.07 Å². The predicted octanol–water partition coefficient (Wildman–Crippen LogP) is 1.68. The Bertz CT molecular complexity index is 453. The average molecular weight is 252 g/mol. The largest absolute Gasteiger partial charge is 0.596 e. The van der Waals surface area contributed by atoms with Gasteiger partial charge in [-0.2, -0.15) is 4.31 Å². The van der Waals surface area contributed by atoms with Crippen LogP contribution < -0.4 is 9.05 Å². The van der Waals surface area contributed by atoms with Gasteiger partial charge in [0.2, 0.25) is 0 Å². The van der Waals surface area contributed by atoms with E-state index in [2.05, 4.69) is 13.4 Å². The lowest BCUT2D eigenvalue weighted by molar-refractivity contribution is 0.229. The van der Waals surface area contributed by atoms with Crippen LogP contribution in [0.25, 0.3) is 0 Å². The van der Waals surface area contributed by atoms with Gasteiger partial charge in [0.05, 0.1) is 0 Å². The summed E-state index contributed by atoms with van der Waals surface area (Å²) in [6, 6.07) is 5.91. The maximum Gasteiger partial charge on any atom is 0.596 e. The van der Waals surface area contributed by atoms with Crippen molar-refractivity contribution < 1.29 is 32.3 Å². The molecule has 2 N–H and O–H groups in total. The number of benzene rings is 1. The summed E-state index contributed by atoms with van der Waals surface area (Å²) >= 11 is 0. The molecule has 9 heteroatoms. The molecule has 0 fully saturated rings. The number of phosphoric acid groups is 2. The topological polar surface area (TPSA) is 102 Å². The first-order valence-corrected chi connectivity index (χ1v) is 6.72. The number of hydrogen-bond donors (Lipinski definition) is 2. The maximum absolute atomic E-state index is 11.6. The Morgan fingerprint density at radius 3 is 2.27 bits per heavy atom. The zero-order valence-corrected chi connectivity index (χ0v) is 8.93. The fraction of sp³-hybridized carbons (Fsp3) is 0. The van der Waals surface area contributed by atoms with Gasteiger partial charge >= 0.3 is 15.6 Å². The molecule has 0 aromatic heterocycles. The van der Waals surface area contributed by atoms with Gasteiger partial charge in [-0.05, 0) is 12.1 Å². The van der Waals surface area contributed by atoms with Crippen molar-refractivity contribution in [2.24, 2.45) is 0 Å². The van der Waals surface area contributed by atoms with Gasteiger partial charge in [0.1, 0.15) is 11.5 Å². The minimum Gasteiger partial charge on any atom is -0.395 e. The molecule has 0 saturated carbocycles. The summed E-state index contributed by atoms with van der Waals surface area (Å²) < 4.78 is 35.4. The van der Waals surface area contributed by atoms with Crippen LogP contribution >= 0.6 is 15.6 Å². The summed E-state index contributed by atoms with van der Waals surface area (Å²) in [5, 5.41) is 0. The van der Waals surface area contributed by atoms with Crippen molar-refractivity contribution >= 4 is 15.6 Å². The molecule has 1 heterocycles. The fourth-order valence-corrected chi connectivity index (χ4v) is 3.12. The second-order valence-electron chi connectivity index (χ2n) is 2.68. The molecule has 1 aliphatic heterocycles. The van der Waals surface area contributed by atoms with Crippen molar-refractivity contribution in [2.75, 3.05) is 0 Å². The minimum atomic E-state index is -4.93. The van der Waals surface area contributed by atoms with Gasteiger partial charge < -0.3 is 18.8 Å². The summed E-state index contributed by atoms with van der Waals surface area (Å²) in [5.41, 5.74) is 0. The molecule has 1 aliphatic rings. The zero-order chi connectivity index (χ0) is 11.1. The monoisotopic (exact) mass is 252 g/mol. The van der Waals surface area contributed by atoms with E-state index < -0.39 is 15.6 Å². The number of hydrogen-bond acceptors (Lipinski definition) is 5. The Hall–Kier alpha value is -0.840. The van der Waals surface area contributed by atoms with Crippen LogP contribution in [0.5, 0.6) is 11.5 Å². The van der Waals surface area contributed by atoms with Crippen molar-refractivity contribution in [1.29, 1.82) is 0 Å². The molecule has 2 bridgehead atoms. The Morgan fingerprint density at radius 2 is 1.80 bits per heavy atom. The number of fused-ring (bicyclic) bond motifs is 2. The normalized spacial score (nSPS) is 17.7. The molecule has 1 aromatic rings. The van der Waals surface area contributed by atoms with Crippen LogP contribution in [0.15, 0.2) is 24.3 Å². The lowest BCUT2D eigenvalue weighted by Crippen LogP contribution is -2.07. The van der Waals surface area contributed by atoms with Crippen molar-refractivity contribution in [2.45, 2.75) is 0 Å². The van der Waals surface area contributed by atoms with E-state index in [1.807, 2.05) is 0 Å². The molecule has 82 valence electrons. The Kier molecular flexibility index (Phi) is 2.37. The smallest absolute Gasteiger partial charge is 0.395 e. The molecular weight excluding hydrogens is 246 g/mol. The summed E-state index contributed by atoms with van der Waals surface area (Å²) in [6.07, 6.45) is 0. The Labute approximate surface area is 84.5 Å². The van der Waals surface area contributed by atoms with E-state index >= 15 is 0 Å². The van der Waals surface area contributed by atoms with E-state index in [9.17, 15) is 9.13 Å². The highest BCUT2D eigenvalue weighted by molar-refractivity contribution is 7.61. The van der Waals surface area contributed by atoms with Crippen LogP contribution in [-0.4, -0.2) is 9.79 Å². The molecule has 0 amide bonds. The van der Waals surface area contributed by atoms with Crippen LogP contribution in [0.1, 0.15) is 0 Å². The first-order chi connectivity index (χ1) is 6.86. The van der Waals surface area contributed by atoms with Gasteiger partial charge in [-0.3, -0.25) is 0 Å². The molecule has 0 radical (unpaired) electrons. The molecule has 2 rings (SSSR count). The highest BCUT2D eigenvalue weighted by Gasteiger charge is 2.41. The minimum absolute atomic E-state index is 0.163. The first-order valence-electron chi connectivity index (χ1n) is 3.73. The Morgan fingerprint density at radius 1 is 1.27 bits per heavy atom. The Balaban J connectivity index is 2.28. The summed E-state index contributed by atoms with van der Waals surface area (Å²) in [6.45, 7) is 0. The third-order valence-corrected chi connectivity index (χ3v) is 3.97. The molecule has 7 nitrogen and oxygen atoms in total. The number of phosphoric ester groups is 1. The van der Waals surface area contributed by atoms with Gasteiger partial charge in [0.25, 0.3) is 0 Å². The molecule has 0 aliphatic carbocycles. The lowest BCUT2D eigenvalue weighted by Gasteiger charge is -2.22. The second-order valence-corrected chi connectivity index (χ2v) is 5.57. The van der Waals surface area contributed by atoms with Gasteiger partial charge in [-0.15, -0.1) is 0 Å². The molecule has 15 heavy (non-hydrogen) atoms. The van der Waals surface area contributed by atoms with E-state index in [-0.39, 0.29) is 11.5 Å². The van der Waals surface area contributed by atoms with Crippen LogP contribution in [0, 0.1) is 0 Å². The van der Waals surface area contributed by atoms with E-state index in [1.165, 1.54) is 18.2 Å². The quantitative estimate of drug-likeness (QED) is 0.771. The zero-order valence-electron chi connectivity index (χ0n) is 7.14. The summed E-state index contributed by atoms with van der Waals surface area (Å²) in [4.78, 5) is 17.0. The summed E-state index contributed by atoms with van der Waals surface area (Å²) in [5.74, 6) is 0.325. The SMILES string of the molecule is O=P(O)(O)OP1(=O)Oc2cccc(c2)O1. The first kappa shape index (κ1) is 10.7. The van der Waals surface area contributed by atoms with E-state index in [4.69, 9.17) is 9.79 Å². The summed E-state index contributed by atoms with van der Waals surface area (Å²) in [7, 11) is -9.19. The van der Waals surface area contributed by atoms with E-state index in [0.29, 0.717) is 0 Å². The molecule has 0 unspecified atom stereocenters.